The molecule has 0 aromatic rings. The molecule has 1 rings (SSSR count). The number of likely N-dealkylation sites (N-methyl/N-ethyl adjacent to an activating group) is 1. The second kappa shape index (κ2) is 5.12. The van der Waals surface area contributed by atoms with E-state index in [1.165, 1.54) is 0 Å². The van der Waals surface area contributed by atoms with Crippen LogP contribution in [0.2, 0.25) is 0 Å². The van der Waals surface area contributed by atoms with Crippen LogP contribution in [0.4, 0.5) is 0 Å². The molecule has 0 aromatic heterocycles. The standard InChI is InChI=1S/C11H18N2O3/c1-4-5-13-7-8(2)12(3)11(16)9(13)6-10(14)15/h4,8-9H,1,5-7H2,2-3H3,(H,14,15). The SMILES string of the molecule is C=CCN1CC(C)N(C)C(=O)C1CC(=O)O. The summed E-state index contributed by atoms with van der Waals surface area (Å²) in [6, 6.07) is -0.450. The Labute approximate surface area is 95.3 Å². The van der Waals surface area contributed by atoms with Crippen LogP contribution in [0.3, 0.4) is 0 Å². The first-order valence-electron chi connectivity index (χ1n) is 5.30. The largest absolute Gasteiger partial charge is 0.481 e. The lowest BCUT2D eigenvalue weighted by atomic mass is 10.0. The number of carbonyl (C=O) groups excluding carboxylic acids is 1. The highest BCUT2D eigenvalue weighted by Gasteiger charge is 2.37. The number of nitrogens with zero attached hydrogens (tertiary/aromatic N) is 2. The molecule has 0 radical (unpaired) electrons. The van der Waals surface area contributed by atoms with Gasteiger partial charge in [-0.2, -0.15) is 0 Å². The van der Waals surface area contributed by atoms with E-state index in [-0.39, 0.29) is 18.4 Å². The molecular weight excluding hydrogens is 208 g/mol. The monoisotopic (exact) mass is 226 g/mol. The van der Waals surface area contributed by atoms with E-state index < -0.39 is 12.0 Å². The van der Waals surface area contributed by atoms with Crippen molar-refractivity contribution < 1.29 is 14.7 Å². The molecule has 0 aromatic carbocycles. The molecule has 0 bridgehead atoms. The number of carbonyl (C=O) groups is 2. The van der Waals surface area contributed by atoms with Crippen molar-refractivity contribution in [1.82, 2.24) is 9.80 Å². The number of carboxylic acids is 1. The third-order valence-corrected chi connectivity index (χ3v) is 2.96. The van der Waals surface area contributed by atoms with Crippen molar-refractivity contribution in [1.29, 1.82) is 0 Å². The lowest BCUT2D eigenvalue weighted by Crippen LogP contribution is -2.59. The maximum atomic E-state index is 11.9. The summed E-state index contributed by atoms with van der Waals surface area (Å²) < 4.78 is 0. The Morgan fingerprint density at radius 1 is 1.69 bits per heavy atom. The van der Waals surface area contributed by atoms with Gasteiger partial charge < -0.3 is 10.0 Å². The van der Waals surface area contributed by atoms with Crippen molar-refractivity contribution in [3.05, 3.63) is 12.7 Å². The molecule has 0 saturated carbocycles. The Kier molecular flexibility index (Phi) is 4.06. The van der Waals surface area contributed by atoms with E-state index in [2.05, 4.69) is 6.58 Å². The topological polar surface area (TPSA) is 60.9 Å². The maximum Gasteiger partial charge on any atom is 0.305 e. The second-order valence-electron chi connectivity index (χ2n) is 4.15. The number of amides is 1. The Bertz CT molecular complexity index is 304. The van der Waals surface area contributed by atoms with Gasteiger partial charge in [-0.3, -0.25) is 14.5 Å². The Balaban J connectivity index is 2.83. The molecule has 2 unspecified atom stereocenters. The minimum atomic E-state index is -0.949. The van der Waals surface area contributed by atoms with E-state index in [1.807, 2.05) is 11.8 Å². The zero-order valence-electron chi connectivity index (χ0n) is 9.72. The molecule has 1 aliphatic rings. The van der Waals surface area contributed by atoms with Crippen LogP contribution in [0.1, 0.15) is 13.3 Å². The van der Waals surface area contributed by atoms with Gasteiger partial charge >= 0.3 is 5.97 Å². The normalized spacial score (nSPS) is 26.9. The van der Waals surface area contributed by atoms with Gasteiger partial charge in [-0.1, -0.05) is 6.08 Å². The third kappa shape index (κ3) is 2.61. The first-order valence-corrected chi connectivity index (χ1v) is 5.30. The summed E-state index contributed by atoms with van der Waals surface area (Å²) in [6.07, 6.45) is 1.55. The van der Waals surface area contributed by atoms with Gasteiger partial charge in [0.25, 0.3) is 0 Å². The van der Waals surface area contributed by atoms with Crippen LogP contribution in [-0.4, -0.2) is 59.0 Å². The fourth-order valence-corrected chi connectivity index (χ4v) is 1.95. The van der Waals surface area contributed by atoms with E-state index >= 15 is 0 Å². The number of carboxylic acid groups (broad SMARTS) is 1. The van der Waals surface area contributed by atoms with Crippen molar-refractivity contribution in [3.63, 3.8) is 0 Å². The molecule has 1 N–H and O–H groups in total. The van der Waals surface area contributed by atoms with Gasteiger partial charge in [-0.05, 0) is 6.92 Å². The van der Waals surface area contributed by atoms with E-state index in [9.17, 15) is 9.59 Å². The number of hydrogen-bond acceptors (Lipinski definition) is 3. The number of aliphatic carboxylic acids is 1. The summed E-state index contributed by atoms with van der Waals surface area (Å²) >= 11 is 0. The van der Waals surface area contributed by atoms with Gasteiger partial charge in [0.1, 0.15) is 6.04 Å². The molecule has 1 aliphatic heterocycles. The fourth-order valence-electron chi connectivity index (χ4n) is 1.95. The van der Waals surface area contributed by atoms with Crippen molar-refractivity contribution >= 4 is 11.9 Å². The molecule has 5 heteroatoms. The molecular formula is C11H18N2O3. The molecule has 5 nitrogen and oxygen atoms in total. The van der Waals surface area contributed by atoms with Crippen LogP contribution in [0, 0.1) is 0 Å². The van der Waals surface area contributed by atoms with Gasteiger partial charge in [-0.15, -0.1) is 6.58 Å². The van der Waals surface area contributed by atoms with Crippen LogP contribution in [-0.2, 0) is 9.59 Å². The zero-order chi connectivity index (χ0) is 12.3. The predicted molar refractivity (Wildman–Crippen MR) is 60.0 cm³/mol. The fraction of sp³-hybridized carbons (Fsp3) is 0.636. The van der Waals surface area contributed by atoms with Gasteiger partial charge in [-0.25, -0.2) is 0 Å². The Hall–Kier alpha value is -1.36. The molecule has 0 spiro atoms. The summed E-state index contributed by atoms with van der Waals surface area (Å²) in [5.41, 5.74) is 0. The lowest BCUT2D eigenvalue weighted by molar-refractivity contribution is -0.150. The molecule has 0 aliphatic carbocycles. The summed E-state index contributed by atoms with van der Waals surface area (Å²) in [7, 11) is 1.72. The van der Waals surface area contributed by atoms with Gasteiger partial charge in [0.2, 0.25) is 5.91 Å². The van der Waals surface area contributed by atoms with Gasteiger partial charge in [0.05, 0.1) is 6.42 Å². The highest BCUT2D eigenvalue weighted by Crippen LogP contribution is 2.17. The average molecular weight is 226 g/mol. The van der Waals surface area contributed by atoms with Gasteiger partial charge in [0.15, 0.2) is 0 Å². The van der Waals surface area contributed by atoms with Gasteiger partial charge in [0, 0.05) is 26.2 Å². The molecule has 1 heterocycles. The van der Waals surface area contributed by atoms with Crippen LogP contribution in [0.25, 0.3) is 0 Å². The summed E-state index contributed by atoms with van der Waals surface area (Å²) in [6.45, 7) is 6.80. The Morgan fingerprint density at radius 2 is 2.31 bits per heavy atom. The second-order valence-corrected chi connectivity index (χ2v) is 4.15. The summed E-state index contributed by atoms with van der Waals surface area (Å²) in [4.78, 5) is 26.2. The maximum absolute atomic E-state index is 11.9. The lowest BCUT2D eigenvalue weighted by Gasteiger charge is -2.42. The smallest absolute Gasteiger partial charge is 0.305 e. The van der Waals surface area contributed by atoms with E-state index in [0.29, 0.717) is 13.1 Å². The third-order valence-electron chi connectivity index (χ3n) is 2.96. The van der Waals surface area contributed by atoms with E-state index in [1.54, 1.807) is 18.0 Å². The number of piperazine rings is 1. The van der Waals surface area contributed by atoms with Crippen LogP contribution < -0.4 is 0 Å². The van der Waals surface area contributed by atoms with E-state index in [4.69, 9.17) is 5.11 Å². The number of rotatable bonds is 4. The van der Waals surface area contributed by atoms with Crippen LogP contribution >= 0.6 is 0 Å². The van der Waals surface area contributed by atoms with Crippen LogP contribution in [0.15, 0.2) is 12.7 Å². The summed E-state index contributed by atoms with van der Waals surface area (Å²) in [5, 5.41) is 8.80. The van der Waals surface area contributed by atoms with E-state index in [0.717, 1.165) is 0 Å². The van der Waals surface area contributed by atoms with Crippen molar-refractivity contribution in [2.24, 2.45) is 0 Å². The molecule has 1 fully saturated rings. The molecule has 16 heavy (non-hydrogen) atoms. The number of hydrogen-bond donors (Lipinski definition) is 1. The Morgan fingerprint density at radius 3 is 2.81 bits per heavy atom. The highest BCUT2D eigenvalue weighted by molar-refractivity contribution is 5.87. The quantitative estimate of drug-likeness (QED) is 0.695. The molecule has 1 amide bonds. The first-order chi connectivity index (χ1) is 7.47. The highest BCUT2D eigenvalue weighted by atomic mass is 16.4. The average Bonchev–Trinajstić information content (AvgIpc) is 2.21. The van der Waals surface area contributed by atoms with Crippen LogP contribution in [0.5, 0.6) is 0 Å². The predicted octanol–water partition coefficient (Wildman–Crippen LogP) is 0.178. The molecule has 2 atom stereocenters. The molecule has 90 valence electrons. The minimum Gasteiger partial charge on any atom is -0.481 e. The zero-order valence-corrected chi connectivity index (χ0v) is 9.72. The molecule has 1 saturated heterocycles. The minimum absolute atomic E-state index is 0.109. The van der Waals surface area contributed by atoms with Crippen molar-refractivity contribution in [2.75, 3.05) is 20.1 Å². The van der Waals surface area contributed by atoms with Crippen molar-refractivity contribution in [2.45, 2.75) is 25.4 Å². The van der Waals surface area contributed by atoms with Crippen molar-refractivity contribution in [3.8, 4) is 0 Å². The first kappa shape index (κ1) is 12.7. The summed E-state index contributed by atoms with van der Waals surface area (Å²) in [5.74, 6) is -1.07.